The Labute approximate surface area is 189 Å². The maximum Gasteiger partial charge on any atom is 0.261 e. The van der Waals surface area contributed by atoms with Crippen molar-refractivity contribution in [1.29, 1.82) is 0 Å². The van der Waals surface area contributed by atoms with E-state index in [-0.39, 0.29) is 29.5 Å². The van der Waals surface area contributed by atoms with Crippen molar-refractivity contribution < 1.29 is 14.3 Å². The molecule has 0 saturated carbocycles. The fraction of sp³-hybridized carbons (Fsp3) is 0.481. The number of benzene rings is 2. The Morgan fingerprint density at radius 1 is 1.06 bits per heavy atom. The topological polar surface area (TPSA) is 38.7 Å². The molecule has 2 aromatic rings. The normalized spacial score (nSPS) is 21.6. The van der Waals surface area contributed by atoms with Crippen molar-refractivity contribution >= 4 is 18.7 Å². The highest BCUT2D eigenvalue weighted by Crippen LogP contribution is 2.39. The monoisotopic (exact) mass is 438 g/mol. The first kappa shape index (κ1) is 23.9. The summed E-state index contributed by atoms with van der Waals surface area (Å²) < 4.78 is 13.6. The molecule has 1 heterocycles. The third-order valence-electron chi connectivity index (χ3n) is 6.42. The van der Waals surface area contributed by atoms with E-state index in [4.69, 9.17) is 9.16 Å². The van der Waals surface area contributed by atoms with Gasteiger partial charge in [0.15, 0.2) is 0 Å². The summed E-state index contributed by atoms with van der Waals surface area (Å²) in [6.45, 7) is 12.8. The summed E-state index contributed by atoms with van der Waals surface area (Å²) in [5.74, 6) is 0. The lowest BCUT2D eigenvalue weighted by Crippen LogP contribution is -2.68. The zero-order valence-electron chi connectivity index (χ0n) is 19.5. The summed E-state index contributed by atoms with van der Waals surface area (Å²) in [5, 5.41) is 12.7. The average molecular weight is 439 g/mol. The molecular formula is C27H38O3Si. The molecule has 0 bridgehead atoms. The molecule has 1 aliphatic rings. The zero-order valence-corrected chi connectivity index (χ0v) is 20.5. The largest absolute Gasteiger partial charge is 0.402 e. The predicted molar refractivity (Wildman–Crippen MR) is 132 cm³/mol. The Hall–Kier alpha value is -1.72. The quantitative estimate of drug-likeness (QED) is 0.450. The Kier molecular flexibility index (Phi) is 7.92. The lowest BCUT2D eigenvalue weighted by Gasteiger charge is -2.45. The maximum atomic E-state index is 10.1. The average Bonchev–Trinajstić information content (AvgIpc) is 3.21. The Bertz CT molecular complexity index is 776. The van der Waals surface area contributed by atoms with Crippen molar-refractivity contribution in [3.63, 3.8) is 0 Å². The van der Waals surface area contributed by atoms with E-state index >= 15 is 0 Å². The minimum atomic E-state index is -2.59. The molecule has 3 rings (SSSR count). The van der Waals surface area contributed by atoms with E-state index in [9.17, 15) is 5.11 Å². The molecule has 3 nitrogen and oxygen atoms in total. The highest BCUT2D eigenvalue weighted by molar-refractivity contribution is 6.99. The molecule has 1 fully saturated rings. The van der Waals surface area contributed by atoms with Crippen molar-refractivity contribution in [1.82, 2.24) is 0 Å². The molecular weight excluding hydrogens is 400 g/mol. The molecule has 0 spiro atoms. The molecule has 1 saturated heterocycles. The SMILES string of the molecule is C=CC[C@@H](O)C[C@H]1CC[C@H]([C@@H](C)O[Si](c2ccccc2)(c2ccccc2)C(C)(C)C)O1. The molecule has 1 aliphatic heterocycles. The van der Waals surface area contributed by atoms with Gasteiger partial charge in [-0.25, -0.2) is 0 Å². The molecule has 0 aliphatic carbocycles. The van der Waals surface area contributed by atoms with Crippen molar-refractivity contribution in [2.75, 3.05) is 0 Å². The first-order valence-corrected chi connectivity index (χ1v) is 13.4. The van der Waals surface area contributed by atoms with Crippen LogP contribution in [-0.2, 0) is 9.16 Å². The van der Waals surface area contributed by atoms with Gasteiger partial charge in [0.05, 0.1) is 24.4 Å². The second-order valence-electron chi connectivity index (χ2n) is 9.77. The molecule has 0 unspecified atom stereocenters. The summed E-state index contributed by atoms with van der Waals surface area (Å²) >= 11 is 0. The van der Waals surface area contributed by atoms with Crippen LogP contribution in [0.25, 0.3) is 0 Å². The first-order valence-electron chi connectivity index (χ1n) is 11.5. The molecule has 1 N–H and O–H groups in total. The molecule has 0 radical (unpaired) electrons. The van der Waals surface area contributed by atoms with Crippen LogP contribution in [0.4, 0.5) is 0 Å². The van der Waals surface area contributed by atoms with Gasteiger partial charge in [0.2, 0.25) is 0 Å². The summed E-state index contributed by atoms with van der Waals surface area (Å²) in [6, 6.07) is 21.5. The maximum absolute atomic E-state index is 10.1. The van der Waals surface area contributed by atoms with Crippen LogP contribution >= 0.6 is 0 Å². The van der Waals surface area contributed by atoms with Crippen LogP contribution < -0.4 is 10.4 Å². The highest BCUT2D eigenvalue weighted by atomic mass is 28.4. The molecule has 0 amide bonds. The van der Waals surface area contributed by atoms with E-state index < -0.39 is 8.32 Å². The lowest BCUT2D eigenvalue weighted by molar-refractivity contribution is -0.0349. The van der Waals surface area contributed by atoms with Gasteiger partial charge in [0, 0.05) is 0 Å². The van der Waals surface area contributed by atoms with E-state index in [0.29, 0.717) is 12.8 Å². The predicted octanol–water partition coefficient (Wildman–Crippen LogP) is 4.83. The van der Waals surface area contributed by atoms with Gasteiger partial charge in [0.25, 0.3) is 8.32 Å². The number of aliphatic hydroxyl groups excluding tert-OH is 1. The molecule has 31 heavy (non-hydrogen) atoms. The van der Waals surface area contributed by atoms with E-state index in [1.54, 1.807) is 6.08 Å². The number of rotatable bonds is 9. The van der Waals surface area contributed by atoms with E-state index in [1.807, 2.05) is 0 Å². The summed E-state index contributed by atoms with van der Waals surface area (Å²) in [5.41, 5.74) is 0. The highest BCUT2D eigenvalue weighted by Gasteiger charge is 2.52. The molecule has 168 valence electrons. The second kappa shape index (κ2) is 10.3. The summed E-state index contributed by atoms with van der Waals surface area (Å²) in [4.78, 5) is 0. The van der Waals surface area contributed by atoms with Gasteiger partial charge in [0.1, 0.15) is 0 Å². The van der Waals surface area contributed by atoms with Crippen molar-refractivity contribution in [3.05, 3.63) is 73.3 Å². The smallest absolute Gasteiger partial charge is 0.261 e. The van der Waals surface area contributed by atoms with Crippen LogP contribution in [-0.4, -0.2) is 37.8 Å². The van der Waals surface area contributed by atoms with Gasteiger partial charge in [-0.1, -0.05) is 87.5 Å². The molecule has 2 aromatic carbocycles. The molecule has 4 heteroatoms. The second-order valence-corrected chi connectivity index (χ2v) is 14.0. The van der Waals surface area contributed by atoms with Gasteiger partial charge in [-0.2, -0.15) is 0 Å². The number of hydrogen-bond donors (Lipinski definition) is 1. The van der Waals surface area contributed by atoms with E-state index in [1.165, 1.54) is 10.4 Å². The van der Waals surface area contributed by atoms with Gasteiger partial charge in [-0.05, 0) is 48.0 Å². The van der Waals surface area contributed by atoms with Crippen LogP contribution in [0.3, 0.4) is 0 Å². The summed E-state index contributed by atoms with van der Waals surface area (Å²) in [7, 11) is -2.59. The third-order valence-corrected chi connectivity index (χ3v) is 11.5. The van der Waals surface area contributed by atoms with E-state index in [0.717, 1.165) is 12.8 Å². The van der Waals surface area contributed by atoms with E-state index in [2.05, 4.69) is 94.9 Å². The van der Waals surface area contributed by atoms with Gasteiger partial charge in [-0.15, -0.1) is 6.58 Å². The number of ether oxygens (including phenoxy) is 1. The Morgan fingerprint density at radius 2 is 1.61 bits per heavy atom. The minimum absolute atomic E-state index is 0.0344. The summed E-state index contributed by atoms with van der Waals surface area (Å²) in [6.07, 6.45) is 4.69. The van der Waals surface area contributed by atoms with Crippen molar-refractivity contribution in [3.8, 4) is 0 Å². The lowest BCUT2D eigenvalue weighted by atomic mass is 10.1. The standard InChI is InChI=1S/C27H38O3Si/c1-6-13-22(28)20-23-18-19-26(29-23)21(2)30-31(27(3,4)5,24-14-9-7-10-15-24)25-16-11-8-12-17-25/h6-12,14-17,21-23,26,28H,1,13,18-20H2,2-5H3/t21-,22-,23-,26-/m1/s1. The Balaban J connectivity index is 1.88. The number of aliphatic hydroxyl groups is 1. The van der Waals surface area contributed by atoms with Crippen LogP contribution in [0.1, 0.15) is 53.4 Å². The van der Waals surface area contributed by atoms with Crippen LogP contribution in [0, 0.1) is 0 Å². The number of hydrogen-bond acceptors (Lipinski definition) is 3. The molecule has 4 atom stereocenters. The van der Waals surface area contributed by atoms with Crippen molar-refractivity contribution in [2.24, 2.45) is 0 Å². The third kappa shape index (κ3) is 5.37. The zero-order chi connectivity index (χ0) is 22.5. The fourth-order valence-electron chi connectivity index (χ4n) is 4.89. The van der Waals surface area contributed by atoms with Gasteiger partial charge >= 0.3 is 0 Å². The van der Waals surface area contributed by atoms with Crippen molar-refractivity contribution in [2.45, 2.75) is 82.8 Å². The van der Waals surface area contributed by atoms with Gasteiger partial charge in [-0.3, -0.25) is 0 Å². The van der Waals surface area contributed by atoms with Crippen LogP contribution in [0.15, 0.2) is 73.3 Å². The van der Waals surface area contributed by atoms with Crippen LogP contribution in [0.5, 0.6) is 0 Å². The minimum Gasteiger partial charge on any atom is -0.402 e. The van der Waals surface area contributed by atoms with Crippen LogP contribution in [0.2, 0.25) is 5.04 Å². The fourth-order valence-corrected chi connectivity index (χ4v) is 9.61. The molecule has 0 aromatic heterocycles. The Morgan fingerprint density at radius 3 is 2.10 bits per heavy atom. The first-order chi connectivity index (χ1) is 14.8. The van der Waals surface area contributed by atoms with Gasteiger partial charge < -0.3 is 14.3 Å².